The topological polar surface area (TPSA) is 113 Å². The second kappa shape index (κ2) is 14.6. The molecule has 0 aromatic heterocycles. The van der Waals surface area contributed by atoms with Crippen molar-refractivity contribution in [3.8, 4) is 11.5 Å². The van der Waals surface area contributed by atoms with Crippen molar-refractivity contribution >= 4 is 21.7 Å². The summed E-state index contributed by atoms with van der Waals surface area (Å²) in [7, 11) is -4.97. The van der Waals surface area contributed by atoms with Crippen LogP contribution in [0.1, 0.15) is 38.7 Å². The summed E-state index contributed by atoms with van der Waals surface area (Å²) in [5.41, 5.74) is -2.37. The highest BCUT2D eigenvalue weighted by Gasteiger charge is 2.38. The Morgan fingerprint density at radius 1 is 0.646 bits per heavy atom. The number of aromatic carboxylic acids is 1. The highest BCUT2D eigenvalue weighted by Crippen LogP contribution is 2.38. The Bertz CT molecular complexity index is 1900. The Hall–Kier alpha value is -5.34. The highest BCUT2D eigenvalue weighted by molar-refractivity contribution is 7.92. The third kappa shape index (κ3) is 9.14. The number of carbonyl (C=O) groups is 1. The van der Waals surface area contributed by atoms with Crippen LogP contribution in [0.3, 0.4) is 0 Å². The van der Waals surface area contributed by atoms with Gasteiger partial charge in [-0.3, -0.25) is 4.72 Å². The number of carboxylic acids is 1. The van der Waals surface area contributed by atoms with E-state index in [1.165, 1.54) is 42.5 Å². The van der Waals surface area contributed by atoms with E-state index in [0.29, 0.717) is 0 Å². The summed E-state index contributed by atoms with van der Waals surface area (Å²) < 4.78 is 112. The Morgan fingerprint density at radius 2 is 1.08 bits per heavy atom. The molecule has 0 aliphatic rings. The van der Waals surface area contributed by atoms with Gasteiger partial charge in [-0.25, -0.2) is 13.2 Å². The fourth-order valence-electron chi connectivity index (χ4n) is 4.24. The standard InChI is InChI=1S/C21H13F6NO5S.C13H12O/c22-20(23,24)12-9-13(21(25,26)27)11-14(10-12)34(31,32)28-16-6-2-4-8-18(16)33-17-7-3-1-5-15(17)19(29)30;14-13(11-7-3-1-4-8-11)12-9-5-2-6-10-12/h1-11,28H,(H,29,30);1-10,13-14H. The first-order valence-corrected chi connectivity index (χ1v) is 15.2. The molecule has 0 radical (unpaired) electrons. The fourth-order valence-corrected chi connectivity index (χ4v) is 5.38. The predicted molar refractivity (Wildman–Crippen MR) is 164 cm³/mol. The summed E-state index contributed by atoms with van der Waals surface area (Å²) in [6.07, 6.45) is -11.0. The van der Waals surface area contributed by atoms with Crippen molar-refractivity contribution in [3.05, 3.63) is 155 Å². The number of rotatable bonds is 8. The zero-order chi connectivity index (χ0) is 35.1. The lowest BCUT2D eigenvalue weighted by Gasteiger charge is -2.17. The molecule has 0 unspecified atom stereocenters. The molecule has 0 atom stereocenters. The molecule has 0 heterocycles. The van der Waals surface area contributed by atoms with Gasteiger partial charge in [0, 0.05) is 0 Å². The number of aliphatic hydroxyl groups is 1. The first kappa shape index (κ1) is 35.5. The van der Waals surface area contributed by atoms with E-state index in [2.05, 4.69) is 0 Å². The van der Waals surface area contributed by atoms with Crippen molar-refractivity contribution in [1.29, 1.82) is 0 Å². The zero-order valence-electron chi connectivity index (χ0n) is 24.4. The van der Waals surface area contributed by atoms with E-state index in [0.717, 1.165) is 17.2 Å². The maximum atomic E-state index is 13.1. The van der Waals surface area contributed by atoms with Crippen LogP contribution < -0.4 is 9.46 Å². The largest absolute Gasteiger partial charge is 0.478 e. The van der Waals surface area contributed by atoms with E-state index in [1.807, 2.05) is 65.4 Å². The van der Waals surface area contributed by atoms with E-state index in [-0.39, 0.29) is 40.9 Å². The molecule has 0 saturated heterocycles. The number of carboxylic acid groups (broad SMARTS) is 1. The van der Waals surface area contributed by atoms with E-state index in [9.17, 15) is 49.8 Å². The summed E-state index contributed by atoms with van der Waals surface area (Å²) >= 11 is 0. The van der Waals surface area contributed by atoms with Crippen molar-refractivity contribution in [1.82, 2.24) is 0 Å². The van der Waals surface area contributed by atoms with Gasteiger partial charge in [-0.05, 0) is 53.6 Å². The number of nitrogens with one attached hydrogen (secondary N) is 1. The number of aliphatic hydroxyl groups excluding tert-OH is 1. The first-order valence-electron chi connectivity index (χ1n) is 13.8. The molecule has 48 heavy (non-hydrogen) atoms. The molecule has 7 nitrogen and oxygen atoms in total. The number of para-hydroxylation sites is 3. The van der Waals surface area contributed by atoms with Gasteiger partial charge in [-0.2, -0.15) is 26.3 Å². The Labute approximate surface area is 270 Å². The summed E-state index contributed by atoms with van der Waals surface area (Å²) in [4.78, 5) is 10.1. The van der Waals surface area contributed by atoms with Crippen LogP contribution >= 0.6 is 0 Å². The van der Waals surface area contributed by atoms with Gasteiger partial charge in [0.2, 0.25) is 0 Å². The third-order valence-electron chi connectivity index (χ3n) is 6.57. The molecule has 5 rings (SSSR count). The minimum absolute atomic E-state index is 0.0702. The quantitative estimate of drug-likeness (QED) is 0.141. The molecule has 5 aromatic carbocycles. The molecule has 14 heteroatoms. The lowest BCUT2D eigenvalue weighted by molar-refractivity contribution is -0.143. The van der Waals surface area contributed by atoms with Gasteiger partial charge >= 0.3 is 18.3 Å². The van der Waals surface area contributed by atoms with Gasteiger partial charge in [0.1, 0.15) is 17.4 Å². The summed E-state index contributed by atoms with van der Waals surface area (Å²) in [6.45, 7) is 0. The molecule has 0 aliphatic heterocycles. The number of anilines is 1. The smallest absolute Gasteiger partial charge is 0.416 e. The number of benzene rings is 5. The molecule has 0 bridgehead atoms. The van der Waals surface area contributed by atoms with Crippen molar-refractivity contribution < 1.29 is 54.5 Å². The molecule has 0 aliphatic carbocycles. The van der Waals surface area contributed by atoms with Gasteiger partial charge < -0.3 is 14.9 Å². The molecule has 0 saturated carbocycles. The Balaban J connectivity index is 0.000000307. The number of halogens is 6. The van der Waals surface area contributed by atoms with Crippen LogP contribution in [-0.2, 0) is 22.4 Å². The molecular weight excluding hydrogens is 664 g/mol. The normalized spacial score (nSPS) is 11.8. The van der Waals surface area contributed by atoms with Gasteiger partial charge in [0.25, 0.3) is 10.0 Å². The van der Waals surface area contributed by atoms with Gasteiger partial charge in [-0.15, -0.1) is 0 Å². The average Bonchev–Trinajstić information content (AvgIpc) is 3.05. The average molecular weight is 690 g/mol. The van der Waals surface area contributed by atoms with Crippen molar-refractivity contribution in [2.75, 3.05) is 4.72 Å². The Kier molecular flexibility index (Phi) is 10.8. The molecule has 3 N–H and O–H groups in total. The minimum atomic E-state index is -5.24. The van der Waals surface area contributed by atoms with E-state index in [4.69, 9.17) is 4.74 Å². The monoisotopic (exact) mass is 689 g/mol. The Morgan fingerprint density at radius 3 is 1.56 bits per heavy atom. The second-order valence-electron chi connectivity index (χ2n) is 9.97. The van der Waals surface area contributed by atoms with Crippen LogP contribution in [0.25, 0.3) is 0 Å². The minimum Gasteiger partial charge on any atom is -0.478 e. The van der Waals surface area contributed by atoms with Crippen LogP contribution in [0.4, 0.5) is 32.0 Å². The maximum absolute atomic E-state index is 13.1. The lowest BCUT2D eigenvalue weighted by Crippen LogP contribution is -2.17. The summed E-state index contributed by atoms with van der Waals surface area (Å²) in [6, 6.07) is 29.7. The lowest BCUT2D eigenvalue weighted by atomic mass is 10.0. The van der Waals surface area contributed by atoms with Crippen LogP contribution in [-0.4, -0.2) is 24.6 Å². The van der Waals surface area contributed by atoms with Crippen LogP contribution in [0.2, 0.25) is 0 Å². The van der Waals surface area contributed by atoms with E-state index < -0.39 is 50.5 Å². The first-order chi connectivity index (χ1) is 22.6. The number of ether oxygens (including phenoxy) is 1. The molecule has 5 aromatic rings. The van der Waals surface area contributed by atoms with Crippen LogP contribution in [0, 0.1) is 0 Å². The second-order valence-corrected chi connectivity index (χ2v) is 11.7. The van der Waals surface area contributed by atoms with Gasteiger partial charge in [-0.1, -0.05) is 84.9 Å². The predicted octanol–water partition coefficient (Wildman–Crippen LogP) is 8.78. The number of alkyl halides is 6. The van der Waals surface area contributed by atoms with Crippen LogP contribution in [0.5, 0.6) is 11.5 Å². The van der Waals surface area contributed by atoms with Crippen LogP contribution in [0.15, 0.2) is 132 Å². The molecular formula is C34H25F6NO6S. The summed E-state index contributed by atoms with van der Waals surface area (Å²) in [5.74, 6) is -1.78. The SMILES string of the molecule is O=C(O)c1ccccc1Oc1ccccc1NS(=O)(=O)c1cc(C(F)(F)F)cc(C(F)(F)F)c1.OC(c1ccccc1)c1ccccc1. The number of sulfonamides is 1. The maximum Gasteiger partial charge on any atom is 0.416 e. The van der Waals surface area contributed by atoms with Gasteiger partial charge in [0.15, 0.2) is 5.75 Å². The molecule has 0 amide bonds. The van der Waals surface area contributed by atoms with Crippen molar-refractivity contribution in [3.63, 3.8) is 0 Å². The fraction of sp³-hybridized carbons (Fsp3) is 0.0882. The van der Waals surface area contributed by atoms with Crippen molar-refractivity contribution in [2.45, 2.75) is 23.4 Å². The van der Waals surface area contributed by atoms with E-state index in [1.54, 1.807) is 0 Å². The zero-order valence-corrected chi connectivity index (χ0v) is 25.2. The third-order valence-corrected chi connectivity index (χ3v) is 7.92. The molecule has 0 fully saturated rings. The summed E-state index contributed by atoms with van der Waals surface area (Å²) in [5, 5.41) is 19.2. The van der Waals surface area contributed by atoms with Gasteiger partial charge in [0.05, 0.1) is 21.7 Å². The molecule has 0 spiro atoms. The number of hydrogen-bond acceptors (Lipinski definition) is 5. The van der Waals surface area contributed by atoms with Crippen molar-refractivity contribution in [2.24, 2.45) is 0 Å². The van der Waals surface area contributed by atoms with E-state index >= 15 is 0 Å². The number of hydrogen-bond donors (Lipinski definition) is 3. The molecule has 250 valence electrons. The highest BCUT2D eigenvalue weighted by atomic mass is 32.2.